The summed E-state index contributed by atoms with van der Waals surface area (Å²) < 4.78 is 9.38. The molecule has 0 aliphatic rings. The predicted molar refractivity (Wildman–Crippen MR) is 56.6 cm³/mol. The minimum atomic E-state index is -0.647. The first-order valence-electron chi connectivity index (χ1n) is 4.40. The fraction of sp³-hybridized carbons (Fsp3) is 0.167. The maximum atomic E-state index is 10.8. The monoisotopic (exact) mass is 215 g/mol. The average Bonchev–Trinajstić information content (AvgIpc) is 2.34. The van der Waals surface area contributed by atoms with Gasteiger partial charge in [0, 0.05) is 11.5 Å². The van der Waals surface area contributed by atoms with Crippen LogP contribution < -0.4 is 4.74 Å². The molecule has 16 heavy (non-hydrogen) atoms. The predicted octanol–water partition coefficient (Wildman–Crippen LogP) is 1.09. The van der Waals surface area contributed by atoms with Crippen LogP contribution in [-0.4, -0.2) is 20.2 Å². The fourth-order valence-electron chi connectivity index (χ4n) is 1.09. The number of rotatable bonds is 1. The molecule has 0 heterocycles. The van der Waals surface area contributed by atoms with Gasteiger partial charge in [-0.2, -0.15) is 5.26 Å². The van der Waals surface area contributed by atoms with Gasteiger partial charge in [0.1, 0.15) is 17.4 Å². The van der Waals surface area contributed by atoms with Gasteiger partial charge in [-0.3, -0.25) is 0 Å². The van der Waals surface area contributed by atoms with Crippen molar-refractivity contribution in [3.8, 4) is 23.7 Å². The zero-order valence-electron chi connectivity index (χ0n) is 8.90. The Labute approximate surface area is 93.4 Å². The summed E-state index contributed by atoms with van der Waals surface area (Å²) in [4.78, 5) is 10.8. The number of esters is 1. The lowest BCUT2D eigenvalue weighted by Gasteiger charge is -2.02. The standard InChI is InChI=1S/C12H9NO3/c1-15-11-5-3-4-9(10(11)8-13)6-7-12(14)16-2/h3-5H,1-2H3. The third-order valence-corrected chi connectivity index (χ3v) is 1.84. The second-order valence-electron chi connectivity index (χ2n) is 2.74. The van der Waals surface area contributed by atoms with Crippen molar-refractivity contribution in [2.45, 2.75) is 0 Å². The lowest BCUT2D eigenvalue weighted by molar-refractivity contribution is -0.133. The molecule has 1 rings (SSSR count). The van der Waals surface area contributed by atoms with E-state index in [1.165, 1.54) is 14.2 Å². The topological polar surface area (TPSA) is 59.3 Å². The number of methoxy groups -OCH3 is 2. The van der Waals surface area contributed by atoms with E-state index in [4.69, 9.17) is 10.00 Å². The summed E-state index contributed by atoms with van der Waals surface area (Å²) in [5, 5.41) is 8.94. The Balaban J connectivity index is 3.18. The molecule has 0 saturated carbocycles. The quantitative estimate of drug-likeness (QED) is 0.519. The Morgan fingerprint density at radius 3 is 2.69 bits per heavy atom. The van der Waals surface area contributed by atoms with Crippen molar-refractivity contribution in [2.75, 3.05) is 14.2 Å². The molecule has 0 amide bonds. The van der Waals surface area contributed by atoms with Gasteiger partial charge in [-0.05, 0) is 12.1 Å². The Bertz CT molecular complexity index is 503. The van der Waals surface area contributed by atoms with Crippen LogP contribution >= 0.6 is 0 Å². The number of hydrogen-bond acceptors (Lipinski definition) is 4. The minimum absolute atomic E-state index is 0.307. The van der Waals surface area contributed by atoms with Crippen LogP contribution in [0.3, 0.4) is 0 Å². The van der Waals surface area contributed by atoms with Crippen molar-refractivity contribution in [3.63, 3.8) is 0 Å². The third kappa shape index (κ3) is 2.52. The van der Waals surface area contributed by atoms with Crippen molar-refractivity contribution in [3.05, 3.63) is 29.3 Å². The van der Waals surface area contributed by atoms with Gasteiger partial charge < -0.3 is 9.47 Å². The molecule has 0 spiro atoms. The van der Waals surface area contributed by atoms with Gasteiger partial charge in [-0.25, -0.2) is 4.79 Å². The summed E-state index contributed by atoms with van der Waals surface area (Å²) in [6, 6.07) is 6.96. The highest BCUT2D eigenvalue weighted by Crippen LogP contribution is 2.20. The normalized spacial score (nSPS) is 8.31. The summed E-state index contributed by atoms with van der Waals surface area (Å²) >= 11 is 0. The van der Waals surface area contributed by atoms with Gasteiger partial charge >= 0.3 is 5.97 Å². The molecule has 0 radical (unpaired) electrons. The molecular weight excluding hydrogens is 206 g/mol. The zero-order chi connectivity index (χ0) is 12.0. The first kappa shape index (κ1) is 11.6. The highest BCUT2D eigenvalue weighted by atomic mass is 16.5. The van der Waals surface area contributed by atoms with Crippen LogP contribution in [0, 0.1) is 23.2 Å². The molecule has 0 fully saturated rings. The summed E-state index contributed by atoms with van der Waals surface area (Å²) in [6.07, 6.45) is 0. The first-order chi connectivity index (χ1) is 7.72. The van der Waals surface area contributed by atoms with Crippen LogP contribution in [0.5, 0.6) is 5.75 Å². The fourth-order valence-corrected chi connectivity index (χ4v) is 1.09. The van der Waals surface area contributed by atoms with Crippen molar-refractivity contribution >= 4 is 5.97 Å². The number of nitriles is 1. The van der Waals surface area contributed by atoms with Crippen LogP contribution in [0.2, 0.25) is 0 Å². The van der Waals surface area contributed by atoms with E-state index >= 15 is 0 Å². The van der Waals surface area contributed by atoms with Gasteiger partial charge in [0.2, 0.25) is 0 Å². The lowest BCUT2D eigenvalue weighted by Crippen LogP contribution is -1.96. The van der Waals surface area contributed by atoms with Gasteiger partial charge in [0.25, 0.3) is 0 Å². The molecule has 80 valence electrons. The SMILES string of the molecule is COC(=O)C#Cc1cccc(OC)c1C#N. The number of nitrogens with zero attached hydrogens (tertiary/aromatic N) is 1. The molecule has 0 aromatic heterocycles. The van der Waals surface area contributed by atoms with Crippen LogP contribution in [0.1, 0.15) is 11.1 Å². The number of carbonyl (C=O) groups excluding carboxylic acids is 1. The van der Waals surface area contributed by atoms with E-state index in [-0.39, 0.29) is 0 Å². The van der Waals surface area contributed by atoms with Crippen LogP contribution in [0.15, 0.2) is 18.2 Å². The van der Waals surface area contributed by atoms with Crippen molar-refractivity contribution in [1.29, 1.82) is 5.26 Å². The number of benzene rings is 1. The lowest BCUT2D eigenvalue weighted by atomic mass is 10.1. The van der Waals surface area contributed by atoms with Crippen LogP contribution in [0.25, 0.3) is 0 Å². The molecule has 1 aromatic carbocycles. The Hall–Kier alpha value is -2.46. The smallest absolute Gasteiger partial charge is 0.384 e. The second kappa shape index (κ2) is 5.43. The van der Waals surface area contributed by atoms with E-state index in [0.717, 1.165) is 0 Å². The Morgan fingerprint density at radius 2 is 2.12 bits per heavy atom. The molecule has 0 unspecified atom stereocenters. The molecule has 0 atom stereocenters. The Kier molecular flexibility index (Phi) is 3.94. The molecule has 0 bridgehead atoms. The average molecular weight is 215 g/mol. The van der Waals surface area contributed by atoms with Gasteiger partial charge in [-0.15, -0.1) is 0 Å². The molecule has 0 aliphatic carbocycles. The highest BCUT2D eigenvalue weighted by molar-refractivity contribution is 5.89. The van der Waals surface area contributed by atoms with Crippen LogP contribution in [-0.2, 0) is 9.53 Å². The van der Waals surface area contributed by atoms with Crippen LogP contribution in [0.4, 0.5) is 0 Å². The van der Waals surface area contributed by atoms with Gasteiger partial charge in [-0.1, -0.05) is 12.0 Å². The summed E-state index contributed by atoms with van der Waals surface area (Å²) in [5.41, 5.74) is 0.744. The minimum Gasteiger partial charge on any atom is -0.495 e. The van der Waals surface area contributed by atoms with Gasteiger partial charge in [0.15, 0.2) is 0 Å². The second-order valence-corrected chi connectivity index (χ2v) is 2.74. The molecular formula is C12H9NO3. The largest absolute Gasteiger partial charge is 0.495 e. The van der Waals surface area contributed by atoms with E-state index in [9.17, 15) is 4.79 Å². The Morgan fingerprint density at radius 1 is 1.38 bits per heavy atom. The van der Waals surface area contributed by atoms with E-state index in [1.54, 1.807) is 18.2 Å². The number of ether oxygens (including phenoxy) is 2. The molecule has 4 heteroatoms. The number of hydrogen-bond donors (Lipinski definition) is 0. The molecule has 0 N–H and O–H groups in total. The third-order valence-electron chi connectivity index (χ3n) is 1.84. The van der Waals surface area contributed by atoms with E-state index in [2.05, 4.69) is 16.6 Å². The molecule has 0 saturated heterocycles. The van der Waals surface area contributed by atoms with E-state index in [0.29, 0.717) is 16.9 Å². The maximum Gasteiger partial charge on any atom is 0.384 e. The molecule has 1 aromatic rings. The summed E-state index contributed by atoms with van der Waals surface area (Å²) in [6.45, 7) is 0. The van der Waals surface area contributed by atoms with Gasteiger partial charge in [0.05, 0.1) is 14.2 Å². The van der Waals surface area contributed by atoms with Crippen molar-refractivity contribution < 1.29 is 14.3 Å². The zero-order valence-corrected chi connectivity index (χ0v) is 8.90. The van der Waals surface area contributed by atoms with E-state index in [1.807, 2.05) is 6.07 Å². The van der Waals surface area contributed by atoms with Crippen molar-refractivity contribution in [2.24, 2.45) is 0 Å². The highest BCUT2D eigenvalue weighted by Gasteiger charge is 2.06. The first-order valence-corrected chi connectivity index (χ1v) is 4.40. The summed E-state index contributed by atoms with van der Waals surface area (Å²) in [7, 11) is 2.71. The van der Waals surface area contributed by atoms with E-state index < -0.39 is 5.97 Å². The summed E-state index contributed by atoms with van der Waals surface area (Å²) in [5.74, 6) is 4.60. The van der Waals surface area contributed by atoms with Crippen molar-refractivity contribution in [1.82, 2.24) is 0 Å². The number of carbonyl (C=O) groups is 1. The molecule has 0 aliphatic heterocycles. The maximum absolute atomic E-state index is 10.8. The molecule has 4 nitrogen and oxygen atoms in total.